The van der Waals surface area contributed by atoms with Crippen molar-refractivity contribution in [2.45, 2.75) is 13.0 Å². The van der Waals surface area contributed by atoms with Crippen molar-refractivity contribution in [3.63, 3.8) is 0 Å². The van der Waals surface area contributed by atoms with Gasteiger partial charge in [0.25, 0.3) is 0 Å². The van der Waals surface area contributed by atoms with Crippen LogP contribution in [0.25, 0.3) is 0 Å². The summed E-state index contributed by atoms with van der Waals surface area (Å²) in [7, 11) is 1.85. The van der Waals surface area contributed by atoms with Gasteiger partial charge in [0, 0.05) is 18.5 Å². The van der Waals surface area contributed by atoms with E-state index in [9.17, 15) is 9.18 Å². The maximum absolute atomic E-state index is 13.4. The van der Waals surface area contributed by atoms with E-state index in [1.807, 2.05) is 18.0 Å². The number of rotatable bonds is 6. The molecule has 0 spiro atoms. The number of Topliss-reactive ketones (excluding diaryl/α,β-unsaturated/α-hetero) is 1. The van der Waals surface area contributed by atoms with Crippen LogP contribution in [-0.4, -0.2) is 24.3 Å². The minimum atomic E-state index is -0.326. The summed E-state index contributed by atoms with van der Waals surface area (Å²) in [4.78, 5) is 13.8. The molecule has 1 aromatic carbocycles. The van der Waals surface area contributed by atoms with Gasteiger partial charge in [-0.25, -0.2) is 4.39 Å². The van der Waals surface area contributed by atoms with Crippen molar-refractivity contribution in [1.29, 1.82) is 0 Å². The lowest BCUT2D eigenvalue weighted by molar-refractivity contribution is -0.119. The molecular formula is C15H16FNO2. The van der Waals surface area contributed by atoms with Crippen LogP contribution in [-0.2, 0) is 17.8 Å². The molecule has 19 heavy (non-hydrogen) atoms. The van der Waals surface area contributed by atoms with E-state index in [1.54, 1.807) is 30.7 Å². The number of carbonyl (C=O) groups excluding carboxylic acids is 1. The van der Waals surface area contributed by atoms with Crippen LogP contribution in [0.2, 0.25) is 0 Å². The number of hydrogen-bond donors (Lipinski definition) is 0. The molecule has 0 saturated carbocycles. The van der Waals surface area contributed by atoms with Crippen molar-refractivity contribution in [2.24, 2.45) is 0 Å². The predicted molar refractivity (Wildman–Crippen MR) is 70.2 cm³/mol. The van der Waals surface area contributed by atoms with Gasteiger partial charge >= 0.3 is 0 Å². The van der Waals surface area contributed by atoms with Crippen LogP contribution in [0, 0.1) is 5.82 Å². The average Bonchev–Trinajstić information content (AvgIpc) is 2.84. The monoisotopic (exact) mass is 261 g/mol. The standard InChI is InChI=1S/C15H16FNO2/c1-17(9-12-6-7-19-11-12)10-14(18)8-13-4-2-3-5-15(13)16/h2-7,11H,8-10H2,1H3. The van der Waals surface area contributed by atoms with Crippen molar-refractivity contribution < 1.29 is 13.6 Å². The summed E-state index contributed by atoms with van der Waals surface area (Å²) >= 11 is 0. The van der Waals surface area contributed by atoms with Crippen molar-refractivity contribution in [3.05, 3.63) is 59.8 Å². The van der Waals surface area contributed by atoms with E-state index in [4.69, 9.17) is 4.42 Å². The van der Waals surface area contributed by atoms with Crippen LogP contribution in [0.3, 0.4) is 0 Å². The Morgan fingerprint density at radius 2 is 2.11 bits per heavy atom. The van der Waals surface area contributed by atoms with E-state index in [1.165, 1.54) is 6.07 Å². The molecule has 0 N–H and O–H groups in total. The SMILES string of the molecule is CN(CC(=O)Cc1ccccc1F)Cc1ccoc1. The van der Waals surface area contributed by atoms with Gasteiger partial charge in [-0.2, -0.15) is 0 Å². The fourth-order valence-electron chi connectivity index (χ4n) is 1.96. The topological polar surface area (TPSA) is 33.5 Å². The number of nitrogens with zero attached hydrogens (tertiary/aromatic N) is 1. The third-order valence-electron chi connectivity index (χ3n) is 2.82. The number of halogens is 1. The molecular weight excluding hydrogens is 245 g/mol. The molecule has 2 rings (SSSR count). The molecule has 4 heteroatoms. The molecule has 0 atom stereocenters. The molecule has 0 amide bonds. The van der Waals surface area contributed by atoms with Crippen molar-refractivity contribution in [3.8, 4) is 0 Å². The Hall–Kier alpha value is -1.94. The molecule has 0 bridgehead atoms. The average molecular weight is 261 g/mol. The highest BCUT2D eigenvalue weighted by Crippen LogP contribution is 2.08. The molecule has 2 aromatic rings. The number of ketones is 1. The highest BCUT2D eigenvalue weighted by atomic mass is 19.1. The molecule has 0 aliphatic rings. The Kier molecular flexibility index (Phi) is 4.47. The first kappa shape index (κ1) is 13.5. The van der Waals surface area contributed by atoms with Gasteiger partial charge in [0.1, 0.15) is 5.82 Å². The molecule has 100 valence electrons. The van der Waals surface area contributed by atoms with Gasteiger partial charge in [-0.3, -0.25) is 9.69 Å². The highest BCUT2D eigenvalue weighted by molar-refractivity contribution is 5.82. The number of hydrogen-bond acceptors (Lipinski definition) is 3. The number of carbonyl (C=O) groups is 1. The third-order valence-corrected chi connectivity index (χ3v) is 2.82. The van der Waals surface area contributed by atoms with E-state index >= 15 is 0 Å². The molecule has 0 unspecified atom stereocenters. The summed E-state index contributed by atoms with van der Waals surface area (Å²) in [5, 5.41) is 0. The maximum Gasteiger partial charge on any atom is 0.151 e. The van der Waals surface area contributed by atoms with Crippen LogP contribution in [0.4, 0.5) is 4.39 Å². The minimum absolute atomic E-state index is 0.00362. The lowest BCUT2D eigenvalue weighted by atomic mass is 10.1. The van der Waals surface area contributed by atoms with Gasteiger partial charge in [0.15, 0.2) is 5.78 Å². The zero-order chi connectivity index (χ0) is 13.7. The second-order valence-electron chi connectivity index (χ2n) is 4.61. The zero-order valence-electron chi connectivity index (χ0n) is 10.8. The Balaban J connectivity index is 1.86. The molecule has 0 fully saturated rings. The summed E-state index contributed by atoms with van der Waals surface area (Å²) in [5.74, 6) is -0.329. The minimum Gasteiger partial charge on any atom is -0.472 e. The first-order valence-corrected chi connectivity index (χ1v) is 6.10. The second-order valence-corrected chi connectivity index (χ2v) is 4.61. The first-order valence-electron chi connectivity index (χ1n) is 6.10. The molecule has 0 radical (unpaired) electrons. The Bertz CT molecular complexity index is 537. The van der Waals surface area contributed by atoms with Crippen LogP contribution < -0.4 is 0 Å². The van der Waals surface area contributed by atoms with Crippen molar-refractivity contribution >= 4 is 5.78 Å². The molecule has 1 heterocycles. The summed E-state index contributed by atoms with van der Waals surface area (Å²) in [6.07, 6.45) is 3.38. The van der Waals surface area contributed by atoms with E-state index in [0.29, 0.717) is 18.7 Å². The van der Waals surface area contributed by atoms with Crippen LogP contribution in [0.1, 0.15) is 11.1 Å². The molecule has 3 nitrogen and oxygen atoms in total. The van der Waals surface area contributed by atoms with Crippen LogP contribution in [0.5, 0.6) is 0 Å². The fraction of sp³-hybridized carbons (Fsp3) is 0.267. The number of likely N-dealkylation sites (N-methyl/N-ethyl adjacent to an activating group) is 1. The van der Waals surface area contributed by atoms with E-state index < -0.39 is 0 Å². The lowest BCUT2D eigenvalue weighted by Crippen LogP contribution is -2.26. The van der Waals surface area contributed by atoms with E-state index in [2.05, 4.69) is 0 Å². The Morgan fingerprint density at radius 1 is 1.32 bits per heavy atom. The van der Waals surface area contributed by atoms with Gasteiger partial charge in [-0.05, 0) is 24.7 Å². The maximum atomic E-state index is 13.4. The quantitative estimate of drug-likeness (QED) is 0.801. The summed E-state index contributed by atoms with van der Waals surface area (Å²) in [6, 6.07) is 8.23. The Labute approximate surface area is 111 Å². The smallest absolute Gasteiger partial charge is 0.151 e. The number of furan rings is 1. The van der Waals surface area contributed by atoms with Gasteiger partial charge in [0.05, 0.1) is 19.1 Å². The van der Waals surface area contributed by atoms with E-state index in [0.717, 1.165) is 5.56 Å². The lowest BCUT2D eigenvalue weighted by Gasteiger charge is -2.14. The predicted octanol–water partition coefficient (Wildman–Crippen LogP) is 2.66. The summed E-state index contributed by atoms with van der Waals surface area (Å²) in [6.45, 7) is 0.930. The van der Waals surface area contributed by atoms with Crippen LogP contribution in [0.15, 0.2) is 47.3 Å². The second kappa shape index (κ2) is 6.29. The summed E-state index contributed by atoms with van der Waals surface area (Å²) in [5.41, 5.74) is 1.46. The normalized spacial score (nSPS) is 10.9. The van der Waals surface area contributed by atoms with Gasteiger partial charge in [-0.15, -0.1) is 0 Å². The first-order chi connectivity index (χ1) is 9.15. The van der Waals surface area contributed by atoms with Gasteiger partial charge in [-0.1, -0.05) is 18.2 Å². The van der Waals surface area contributed by atoms with Crippen molar-refractivity contribution in [1.82, 2.24) is 4.90 Å². The van der Waals surface area contributed by atoms with Gasteiger partial charge in [0.2, 0.25) is 0 Å². The molecule has 0 saturated heterocycles. The fourth-order valence-corrected chi connectivity index (χ4v) is 1.96. The number of benzene rings is 1. The largest absolute Gasteiger partial charge is 0.472 e. The molecule has 0 aliphatic heterocycles. The zero-order valence-corrected chi connectivity index (χ0v) is 10.8. The molecule has 1 aromatic heterocycles. The van der Waals surface area contributed by atoms with Crippen LogP contribution >= 0.6 is 0 Å². The van der Waals surface area contributed by atoms with Gasteiger partial charge < -0.3 is 4.42 Å². The van der Waals surface area contributed by atoms with Crippen molar-refractivity contribution in [2.75, 3.05) is 13.6 Å². The summed E-state index contributed by atoms with van der Waals surface area (Å²) < 4.78 is 18.4. The third kappa shape index (κ3) is 4.03. The van der Waals surface area contributed by atoms with E-state index in [-0.39, 0.29) is 18.0 Å². The Morgan fingerprint density at radius 3 is 2.79 bits per heavy atom. The molecule has 0 aliphatic carbocycles. The highest BCUT2D eigenvalue weighted by Gasteiger charge is 2.11.